The summed E-state index contributed by atoms with van der Waals surface area (Å²) in [5.41, 5.74) is -2.47. The summed E-state index contributed by atoms with van der Waals surface area (Å²) in [5, 5.41) is 11.1. The number of fused-ring (bicyclic) bond motifs is 5. The molecule has 4 rings (SSSR count). The van der Waals surface area contributed by atoms with Gasteiger partial charge < -0.3 is 9.84 Å². The molecule has 4 aliphatic carbocycles. The lowest BCUT2D eigenvalue weighted by Gasteiger charge is -2.54. The van der Waals surface area contributed by atoms with Crippen molar-refractivity contribution in [3.8, 4) is 0 Å². The lowest BCUT2D eigenvalue weighted by Crippen LogP contribution is -2.52. The second-order valence-corrected chi connectivity index (χ2v) is 12.8. The van der Waals surface area contributed by atoms with Crippen LogP contribution in [0, 0.1) is 52.3 Å². The summed E-state index contributed by atoms with van der Waals surface area (Å²) in [7, 11) is 0. The Morgan fingerprint density at radius 3 is 2.43 bits per heavy atom. The third kappa shape index (κ3) is 3.88. The van der Waals surface area contributed by atoms with Crippen LogP contribution in [0.3, 0.4) is 0 Å². The van der Waals surface area contributed by atoms with Gasteiger partial charge in [-0.25, -0.2) is 4.79 Å². The predicted octanol–water partition coefficient (Wildman–Crippen LogP) is 5.31. The van der Waals surface area contributed by atoms with Gasteiger partial charge in [0.15, 0.2) is 5.78 Å². The van der Waals surface area contributed by atoms with Gasteiger partial charge in [-0.1, -0.05) is 53.7 Å². The van der Waals surface area contributed by atoms with E-state index in [1.807, 2.05) is 6.92 Å². The molecular weight excluding hydrogens is 440 g/mol. The zero-order valence-electron chi connectivity index (χ0n) is 22.6. The summed E-state index contributed by atoms with van der Waals surface area (Å²) in [6.45, 7) is 15.2. The van der Waals surface area contributed by atoms with Crippen LogP contribution >= 0.6 is 0 Å². The second-order valence-electron chi connectivity index (χ2n) is 12.8. The van der Waals surface area contributed by atoms with E-state index in [4.69, 9.17) is 4.74 Å². The number of hydrogen-bond acceptors (Lipinski definition) is 5. The summed E-state index contributed by atoms with van der Waals surface area (Å²) in [6.07, 6.45) is 10.2. The lowest BCUT2D eigenvalue weighted by molar-refractivity contribution is -0.169. The smallest absolute Gasteiger partial charge is 0.346 e. The van der Waals surface area contributed by atoms with Gasteiger partial charge in [0.2, 0.25) is 11.4 Å². The summed E-state index contributed by atoms with van der Waals surface area (Å²) < 4.78 is 5.06. The van der Waals surface area contributed by atoms with E-state index in [1.165, 1.54) is 6.08 Å². The van der Waals surface area contributed by atoms with Gasteiger partial charge >= 0.3 is 5.97 Å². The van der Waals surface area contributed by atoms with Gasteiger partial charge in [0, 0.05) is 23.3 Å². The van der Waals surface area contributed by atoms with Crippen molar-refractivity contribution in [3.63, 3.8) is 0 Å². The first-order chi connectivity index (χ1) is 16.3. The standard InChI is InChI=1S/C30H44O5/c1-8-35-27(33)30(34)16-29(7)22-13-14-28(6)20(19(5)10-9-18(4)17(2)3)11-12-21(28)25(22)24(31)15-23(29)26(30)32/h9-10,15,17-22,25,34H,8,11-14,16H2,1-7H3/b10-9+/t18-,19+,20+,21-,22-,25-,28+,29+,30-/m0/s1. The Morgan fingerprint density at radius 1 is 1.11 bits per heavy atom. The average molecular weight is 485 g/mol. The highest BCUT2D eigenvalue weighted by Gasteiger charge is 2.68. The van der Waals surface area contributed by atoms with Gasteiger partial charge in [-0.2, -0.15) is 0 Å². The molecule has 5 heteroatoms. The molecule has 0 unspecified atom stereocenters. The second kappa shape index (κ2) is 8.97. The molecule has 35 heavy (non-hydrogen) atoms. The molecule has 9 atom stereocenters. The van der Waals surface area contributed by atoms with Crippen molar-refractivity contribution in [1.82, 2.24) is 0 Å². The van der Waals surface area contributed by atoms with Crippen LogP contribution < -0.4 is 0 Å². The number of carbonyl (C=O) groups excluding carboxylic acids is 3. The number of Topliss-reactive ketones (excluding diaryl/α,β-unsaturated/α-hetero) is 1. The van der Waals surface area contributed by atoms with E-state index < -0.39 is 22.8 Å². The molecular formula is C30H44O5. The monoisotopic (exact) mass is 484 g/mol. The summed E-state index contributed by atoms with van der Waals surface area (Å²) >= 11 is 0. The molecule has 0 aromatic heterocycles. The van der Waals surface area contributed by atoms with Crippen LogP contribution in [0.4, 0.5) is 0 Å². The van der Waals surface area contributed by atoms with Crippen LogP contribution in [0.5, 0.6) is 0 Å². The fraction of sp³-hybridized carbons (Fsp3) is 0.767. The van der Waals surface area contributed by atoms with Crippen LogP contribution in [0.1, 0.15) is 80.6 Å². The normalized spacial score (nSPS) is 42.5. The average Bonchev–Trinajstić information content (AvgIpc) is 3.24. The van der Waals surface area contributed by atoms with Crippen LogP contribution in [0.2, 0.25) is 0 Å². The fourth-order valence-corrected chi connectivity index (χ4v) is 8.27. The number of esters is 1. The molecule has 0 aliphatic heterocycles. The van der Waals surface area contributed by atoms with Gasteiger partial charge in [0.25, 0.3) is 0 Å². The van der Waals surface area contributed by atoms with Crippen molar-refractivity contribution in [2.45, 2.75) is 86.2 Å². The maximum absolute atomic E-state index is 13.6. The highest BCUT2D eigenvalue weighted by molar-refractivity contribution is 6.20. The van der Waals surface area contributed by atoms with E-state index in [1.54, 1.807) is 6.92 Å². The van der Waals surface area contributed by atoms with E-state index in [0.29, 0.717) is 29.2 Å². The van der Waals surface area contributed by atoms with E-state index in [-0.39, 0.29) is 42.0 Å². The van der Waals surface area contributed by atoms with Crippen molar-refractivity contribution in [2.24, 2.45) is 52.3 Å². The maximum Gasteiger partial charge on any atom is 0.346 e. The number of hydrogen-bond donors (Lipinski definition) is 1. The van der Waals surface area contributed by atoms with Crippen LogP contribution in [0.15, 0.2) is 23.8 Å². The van der Waals surface area contributed by atoms with Crippen molar-refractivity contribution < 1.29 is 24.2 Å². The minimum atomic E-state index is -2.18. The highest BCUT2D eigenvalue weighted by atomic mass is 16.5. The summed E-state index contributed by atoms with van der Waals surface area (Å²) in [6, 6.07) is 0. The Labute approximate surface area is 210 Å². The molecule has 3 fully saturated rings. The van der Waals surface area contributed by atoms with Gasteiger partial charge in [0.1, 0.15) is 0 Å². The molecule has 1 N–H and O–H groups in total. The van der Waals surface area contributed by atoms with Gasteiger partial charge in [-0.3, -0.25) is 9.59 Å². The van der Waals surface area contributed by atoms with Crippen LogP contribution in [-0.4, -0.2) is 34.9 Å². The molecule has 3 saturated carbocycles. The Bertz CT molecular complexity index is 962. The van der Waals surface area contributed by atoms with Crippen molar-refractivity contribution >= 4 is 17.5 Å². The molecule has 0 radical (unpaired) electrons. The van der Waals surface area contributed by atoms with E-state index in [0.717, 1.165) is 25.7 Å². The molecule has 5 nitrogen and oxygen atoms in total. The van der Waals surface area contributed by atoms with E-state index in [2.05, 4.69) is 46.8 Å². The Balaban J connectivity index is 1.62. The molecule has 0 heterocycles. The summed E-state index contributed by atoms with van der Waals surface area (Å²) in [5.74, 6) is 0.687. The minimum Gasteiger partial charge on any atom is -0.464 e. The van der Waals surface area contributed by atoms with E-state index >= 15 is 0 Å². The predicted molar refractivity (Wildman–Crippen MR) is 135 cm³/mol. The Kier molecular flexibility index (Phi) is 6.75. The lowest BCUT2D eigenvalue weighted by atomic mass is 9.49. The molecule has 0 aromatic rings. The molecule has 0 aromatic carbocycles. The molecule has 4 aliphatic rings. The molecule has 0 saturated heterocycles. The number of aliphatic hydroxyl groups is 1. The third-order valence-electron chi connectivity index (χ3n) is 10.7. The highest BCUT2D eigenvalue weighted by Crippen LogP contribution is 2.67. The number of ether oxygens (including phenoxy) is 1. The molecule has 0 amide bonds. The zero-order chi connectivity index (χ0) is 25.9. The first kappa shape index (κ1) is 26.3. The number of rotatable bonds is 6. The number of ketones is 2. The quantitative estimate of drug-likeness (QED) is 0.314. The van der Waals surface area contributed by atoms with Gasteiger partial charge in [0.05, 0.1) is 6.61 Å². The van der Waals surface area contributed by atoms with Crippen molar-refractivity contribution in [2.75, 3.05) is 6.61 Å². The third-order valence-corrected chi connectivity index (χ3v) is 10.7. The van der Waals surface area contributed by atoms with Crippen molar-refractivity contribution in [3.05, 3.63) is 23.8 Å². The van der Waals surface area contributed by atoms with E-state index in [9.17, 15) is 19.5 Å². The van der Waals surface area contributed by atoms with Gasteiger partial charge in [-0.15, -0.1) is 0 Å². The largest absolute Gasteiger partial charge is 0.464 e. The zero-order valence-corrected chi connectivity index (χ0v) is 22.6. The fourth-order valence-electron chi connectivity index (χ4n) is 8.27. The first-order valence-electron chi connectivity index (χ1n) is 13.7. The van der Waals surface area contributed by atoms with Gasteiger partial charge in [-0.05, 0) is 79.6 Å². The first-order valence-corrected chi connectivity index (χ1v) is 13.7. The minimum absolute atomic E-state index is 0.0110. The maximum atomic E-state index is 13.6. The number of carbonyl (C=O) groups is 3. The molecule has 0 bridgehead atoms. The molecule has 194 valence electrons. The van der Waals surface area contributed by atoms with Crippen LogP contribution in [-0.2, 0) is 19.1 Å². The van der Waals surface area contributed by atoms with Crippen molar-refractivity contribution in [1.29, 1.82) is 0 Å². The molecule has 0 spiro atoms. The number of allylic oxidation sites excluding steroid dienone is 3. The topological polar surface area (TPSA) is 80.7 Å². The summed E-state index contributed by atoms with van der Waals surface area (Å²) in [4.78, 5) is 39.4. The Hall–Kier alpha value is -1.75. The SMILES string of the molecule is CCOC(=O)[C@]1(O)C[C@@]2(C)C(=CC(=O)[C@H]3[C@@H]4CC[C@H]([C@H](C)/C=C/[C@H](C)C(C)C)[C@@]4(C)CC[C@@H]32)C1=O. The van der Waals surface area contributed by atoms with Crippen LogP contribution in [0.25, 0.3) is 0 Å². The Morgan fingerprint density at radius 2 is 1.80 bits per heavy atom.